The molecule has 0 aromatic heterocycles. The van der Waals surface area contributed by atoms with Crippen molar-refractivity contribution >= 4 is 5.91 Å². The summed E-state index contributed by atoms with van der Waals surface area (Å²) < 4.78 is 38.0. The molecule has 1 saturated carbocycles. The number of aliphatic hydroxyl groups is 2. The van der Waals surface area contributed by atoms with E-state index in [0.717, 1.165) is 0 Å². The van der Waals surface area contributed by atoms with E-state index in [2.05, 4.69) is 5.48 Å². The van der Waals surface area contributed by atoms with Gasteiger partial charge in [-0.2, -0.15) is 4.39 Å². The largest absolute Gasteiger partial charge is 0.497 e. The average molecular weight is 526 g/mol. The van der Waals surface area contributed by atoms with Crippen LogP contribution in [0.1, 0.15) is 22.6 Å². The molecule has 0 radical (unpaired) electrons. The lowest BCUT2D eigenvalue weighted by molar-refractivity contribution is -0.157. The van der Waals surface area contributed by atoms with Crippen LogP contribution in [0.3, 0.4) is 0 Å². The molecule has 0 bridgehead atoms. The van der Waals surface area contributed by atoms with Crippen LogP contribution in [-0.4, -0.2) is 50.7 Å². The Kier molecular flexibility index (Phi) is 6.42. The van der Waals surface area contributed by atoms with Crippen LogP contribution in [0, 0.1) is 11.7 Å². The molecule has 0 unspecified atom stereocenters. The van der Waals surface area contributed by atoms with Crippen LogP contribution >= 0.6 is 0 Å². The van der Waals surface area contributed by atoms with Crippen LogP contribution in [0.2, 0.25) is 0 Å². The summed E-state index contributed by atoms with van der Waals surface area (Å²) in [7, 11) is 5.31. The van der Waals surface area contributed by atoms with Crippen molar-refractivity contribution in [3.63, 3.8) is 0 Å². The molecule has 200 valence electrons. The summed E-state index contributed by atoms with van der Waals surface area (Å²) in [5.74, 6) is -3.79. The third-order valence-corrected chi connectivity index (χ3v) is 7.54. The molecule has 0 saturated heterocycles. The Bertz CT molecular complexity index is 1350. The highest BCUT2D eigenvalue weighted by Crippen LogP contribution is 2.70. The van der Waals surface area contributed by atoms with E-state index in [1.54, 1.807) is 54.6 Å². The summed E-state index contributed by atoms with van der Waals surface area (Å²) in [6, 6.07) is 16.9. The van der Waals surface area contributed by atoms with Gasteiger partial charge in [-0.1, -0.05) is 42.5 Å². The number of carbonyl (C=O) groups excluding carboxylic acids is 1. The molecule has 1 aliphatic heterocycles. The quantitative estimate of drug-likeness (QED) is 0.404. The van der Waals surface area contributed by atoms with Crippen LogP contribution in [0.25, 0.3) is 0 Å². The first-order chi connectivity index (χ1) is 18.3. The minimum absolute atomic E-state index is 0.0454. The maximum absolute atomic E-state index is 15.5. The van der Waals surface area contributed by atoms with Gasteiger partial charge < -0.3 is 29.2 Å². The molecule has 1 heterocycles. The number of hydrogen-bond donors (Lipinski definition) is 3. The number of rotatable bonds is 7. The third-order valence-electron chi connectivity index (χ3n) is 7.54. The molecule has 3 N–H and O–H groups in total. The van der Waals surface area contributed by atoms with E-state index in [4.69, 9.17) is 23.8 Å². The molecule has 5 atom stereocenters. The summed E-state index contributed by atoms with van der Waals surface area (Å²) in [5, 5.41) is 24.6. The van der Waals surface area contributed by atoms with Gasteiger partial charge in [0.25, 0.3) is 0 Å². The molecule has 38 heavy (non-hydrogen) atoms. The molecule has 3 aromatic carbocycles. The Morgan fingerprint density at radius 1 is 1.00 bits per heavy atom. The number of halogens is 1. The summed E-state index contributed by atoms with van der Waals surface area (Å²) in [6.45, 7) is 0. The maximum Gasteiger partial charge on any atom is 0.250 e. The highest BCUT2D eigenvalue weighted by Gasteiger charge is 2.78. The van der Waals surface area contributed by atoms with Crippen molar-refractivity contribution in [2.24, 2.45) is 5.92 Å². The molecule has 0 spiro atoms. The van der Waals surface area contributed by atoms with Gasteiger partial charge in [-0.25, -0.2) is 5.48 Å². The molecule has 2 aliphatic rings. The topological polar surface area (TPSA) is 116 Å². The molecule has 10 heteroatoms. The first kappa shape index (κ1) is 25.8. The molecule has 1 fully saturated rings. The zero-order valence-electron chi connectivity index (χ0n) is 21.2. The summed E-state index contributed by atoms with van der Waals surface area (Å²) in [6.07, 6.45) is -1.78. The van der Waals surface area contributed by atoms with E-state index < -0.39 is 40.9 Å². The van der Waals surface area contributed by atoms with Gasteiger partial charge in [0.05, 0.1) is 39.9 Å². The number of ether oxygens (including phenoxy) is 4. The number of nitrogens with one attached hydrogen (secondary N) is 1. The van der Waals surface area contributed by atoms with Crippen molar-refractivity contribution in [1.29, 1.82) is 0 Å². The van der Waals surface area contributed by atoms with E-state index in [1.807, 2.05) is 0 Å². The second kappa shape index (κ2) is 9.46. The van der Waals surface area contributed by atoms with Gasteiger partial charge in [0.15, 0.2) is 22.7 Å². The Balaban J connectivity index is 1.89. The number of aliphatic hydroxyl groups excluding tert-OH is 1. The molecule has 5 rings (SSSR count). The Hall–Kier alpha value is -3.86. The number of amides is 1. The first-order valence-electron chi connectivity index (χ1n) is 11.9. The second-order valence-corrected chi connectivity index (χ2v) is 9.16. The van der Waals surface area contributed by atoms with Crippen LogP contribution < -0.4 is 24.4 Å². The highest BCUT2D eigenvalue weighted by molar-refractivity contribution is 5.82. The van der Waals surface area contributed by atoms with Crippen LogP contribution in [0.5, 0.6) is 23.0 Å². The molecular formula is C28H28FNO8. The predicted octanol–water partition coefficient (Wildman–Crippen LogP) is 2.78. The van der Waals surface area contributed by atoms with E-state index >= 15 is 4.39 Å². The van der Waals surface area contributed by atoms with E-state index in [1.165, 1.54) is 34.5 Å². The van der Waals surface area contributed by atoms with Crippen molar-refractivity contribution in [2.45, 2.75) is 23.2 Å². The van der Waals surface area contributed by atoms with Crippen molar-refractivity contribution in [3.8, 4) is 23.0 Å². The predicted molar refractivity (Wildman–Crippen MR) is 133 cm³/mol. The van der Waals surface area contributed by atoms with Gasteiger partial charge >= 0.3 is 0 Å². The van der Waals surface area contributed by atoms with Gasteiger partial charge in [-0.3, -0.25) is 9.63 Å². The monoisotopic (exact) mass is 525 g/mol. The lowest BCUT2D eigenvalue weighted by Crippen LogP contribution is -2.52. The van der Waals surface area contributed by atoms with Gasteiger partial charge in [0.2, 0.25) is 11.7 Å². The minimum Gasteiger partial charge on any atom is -0.497 e. The summed E-state index contributed by atoms with van der Waals surface area (Å²) >= 11 is 0. The molecule has 9 nitrogen and oxygen atoms in total. The smallest absolute Gasteiger partial charge is 0.250 e. The maximum atomic E-state index is 15.5. The Morgan fingerprint density at radius 3 is 2.26 bits per heavy atom. The lowest BCUT2D eigenvalue weighted by atomic mass is 9.70. The fraction of sp³-hybridized carbons (Fsp3) is 0.321. The van der Waals surface area contributed by atoms with Gasteiger partial charge in [0.1, 0.15) is 17.6 Å². The van der Waals surface area contributed by atoms with Crippen LogP contribution in [0.4, 0.5) is 4.39 Å². The molecule has 1 amide bonds. The number of fused-ring (bicyclic) bond motifs is 3. The normalized spacial score (nSPS) is 27.2. The fourth-order valence-corrected chi connectivity index (χ4v) is 6.03. The Labute approximate surface area is 218 Å². The van der Waals surface area contributed by atoms with Crippen molar-refractivity contribution in [1.82, 2.24) is 5.48 Å². The van der Waals surface area contributed by atoms with Gasteiger partial charge in [0, 0.05) is 12.0 Å². The molecular weight excluding hydrogens is 497 g/mol. The zero-order valence-corrected chi connectivity index (χ0v) is 21.2. The number of methoxy groups -OCH3 is 3. The highest BCUT2D eigenvalue weighted by atomic mass is 19.1. The number of hydroxylamine groups is 1. The van der Waals surface area contributed by atoms with E-state index in [-0.39, 0.29) is 22.8 Å². The minimum atomic E-state index is -2.36. The molecule has 3 aromatic rings. The third kappa shape index (κ3) is 3.30. The van der Waals surface area contributed by atoms with Crippen molar-refractivity contribution < 1.29 is 43.2 Å². The number of carbonyl (C=O) groups is 1. The zero-order chi connectivity index (χ0) is 27.2. The summed E-state index contributed by atoms with van der Waals surface area (Å²) in [5.41, 5.74) is -1.01. The molecule has 1 aliphatic carbocycles. The average Bonchev–Trinajstić information content (AvgIpc) is 3.31. The lowest BCUT2D eigenvalue weighted by Gasteiger charge is -2.40. The summed E-state index contributed by atoms with van der Waals surface area (Å²) in [4.78, 5) is 18.3. The SMILES string of the molecule is CONC(=O)[C@H]1[C@@H](O)[C@@]2(O)c3c(cc(OC)c(F)c3OC)O[C@@]2(c2ccc(OC)cc2)[C@@H]1c1ccccc1. The van der Waals surface area contributed by atoms with E-state index in [9.17, 15) is 15.0 Å². The number of benzene rings is 3. The first-order valence-corrected chi connectivity index (χ1v) is 11.9. The number of hydrogen-bond acceptors (Lipinski definition) is 8. The van der Waals surface area contributed by atoms with Crippen LogP contribution in [0.15, 0.2) is 60.7 Å². The Morgan fingerprint density at radius 2 is 1.68 bits per heavy atom. The van der Waals surface area contributed by atoms with E-state index in [0.29, 0.717) is 16.9 Å². The standard InChI is InChI=1S/C28H28FNO8/c1-34-17-12-10-16(11-13-17)28-21(15-8-6-5-7-9-15)20(26(32)30-37-4)25(31)27(28,33)22-18(38-28)14-19(35-2)23(29)24(22)36-3/h5-14,20-21,25,31,33H,1-4H3,(H,30,32)/t20-,21-,25-,27+,28+/m1/s1. The van der Waals surface area contributed by atoms with Crippen molar-refractivity contribution in [2.75, 3.05) is 28.4 Å². The van der Waals surface area contributed by atoms with Crippen molar-refractivity contribution in [3.05, 3.63) is 83.2 Å². The second-order valence-electron chi connectivity index (χ2n) is 9.16. The van der Waals surface area contributed by atoms with Crippen LogP contribution in [-0.2, 0) is 20.8 Å². The fourth-order valence-electron chi connectivity index (χ4n) is 6.03. The van der Waals surface area contributed by atoms with Gasteiger partial charge in [-0.15, -0.1) is 0 Å². The van der Waals surface area contributed by atoms with Gasteiger partial charge in [-0.05, 0) is 23.3 Å².